The lowest BCUT2D eigenvalue weighted by molar-refractivity contribution is -0.103. The first-order chi connectivity index (χ1) is 7.72. The predicted molar refractivity (Wildman–Crippen MR) is 58.2 cm³/mol. The molecule has 0 fully saturated rings. The van der Waals surface area contributed by atoms with Crippen LogP contribution in [0.4, 0.5) is 0 Å². The van der Waals surface area contributed by atoms with Crippen LogP contribution >= 0.6 is 0 Å². The van der Waals surface area contributed by atoms with Gasteiger partial charge in [0, 0.05) is 22.7 Å². The summed E-state index contributed by atoms with van der Waals surface area (Å²) in [5.74, 6) is 3.91. The molecule has 0 amide bonds. The maximum Gasteiger partial charge on any atom is 0.337 e. The van der Waals surface area contributed by atoms with Gasteiger partial charge in [0.15, 0.2) is 6.29 Å². The maximum atomic E-state index is 10.9. The Labute approximate surface area is 90.9 Å². The highest BCUT2D eigenvalue weighted by Gasteiger charge is 2.09. The lowest BCUT2D eigenvalue weighted by Gasteiger charge is -1.93. The van der Waals surface area contributed by atoms with Gasteiger partial charge in [0.05, 0.1) is 5.56 Å². The van der Waals surface area contributed by atoms with E-state index in [4.69, 9.17) is 5.11 Å². The highest BCUT2D eigenvalue weighted by molar-refractivity contribution is 6.03. The minimum absolute atomic E-state index is 0.199. The number of carbonyl (C=O) groups is 2. The van der Waals surface area contributed by atoms with E-state index in [1.165, 1.54) is 6.20 Å². The van der Waals surface area contributed by atoms with Gasteiger partial charge in [-0.15, -0.1) is 0 Å². The van der Waals surface area contributed by atoms with Crippen LogP contribution in [0.1, 0.15) is 15.9 Å². The van der Waals surface area contributed by atoms with E-state index >= 15 is 0 Å². The molecule has 0 aliphatic carbocycles. The Kier molecular flexibility index (Phi) is 2.44. The Balaban J connectivity index is 2.62. The first kappa shape index (κ1) is 9.99. The van der Waals surface area contributed by atoms with Gasteiger partial charge in [0.2, 0.25) is 0 Å². The molecule has 0 spiro atoms. The van der Waals surface area contributed by atoms with Gasteiger partial charge in [-0.3, -0.25) is 4.79 Å². The highest BCUT2D eigenvalue weighted by Crippen LogP contribution is 2.19. The van der Waals surface area contributed by atoms with Gasteiger partial charge in [-0.05, 0) is 24.1 Å². The number of nitrogens with one attached hydrogen (secondary N) is 1. The van der Waals surface area contributed by atoms with Crippen molar-refractivity contribution in [3.8, 4) is 11.8 Å². The Bertz CT molecular complexity index is 628. The minimum Gasteiger partial charge on any atom is -0.478 e. The van der Waals surface area contributed by atoms with E-state index in [2.05, 4.69) is 16.8 Å². The molecule has 0 atom stereocenters. The molecule has 1 aromatic carbocycles. The van der Waals surface area contributed by atoms with Crippen LogP contribution in [0.3, 0.4) is 0 Å². The van der Waals surface area contributed by atoms with Gasteiger partial charge in [0.1, 0.15) is 0 Å². The SMILES string of the molecule is O=CC#Cc1ccc2[nH]cc(C(=O)O)c2c1. The summed E-state index contributed by atoms with van der Waals surface area (Å²) in [4.78, 5) is 23.8. The number of rotatable bonds is 1. The van der Waals surface area contributed by atoms with Crippen molar-refractivity contribution in [1.82, 2.24) is 4.98 Å². The molecule has 1 aromatic heterocycles. The zero-order chi connectivity index (χ0) is 11.5. The number of benzene rings is 1. The van der Waals surface area contributed by atoms with E-state index in [-0.39, 0.29) is 5.56 Å². The van der Waals surface area contributed by atoms with Crippen molar-refractivity contribution in [3.63, 3.8) is 0 Å². The number of hydrogen-bond acceptors (Lipinski definition) is 2. The molecule has 16 heavy (non-hydrogen) atoms. The molecular formula is C12H7NO3. The van der Waals surface area contributed by atoms with Gasteiger partial charge < -0.3 is 10.1 Å². The fraction of sp³-hybridized carbons (Fsp3) is 0. The zero-order valence-electron chi connectivity index (χ0n) is 8.15. The topological polar surface area (TPSA) is 70.2 Å². The first-order valence-corrected chi connectivity index (χ1v) is 4.52. The van der Waals surface area contributed by atoms with Crippen molar-refractivity contribution < 1.29 is 14.7 Å². The van der Waals surface area contributed by atoms with Crippen LogP contribution in [0.5, 0.6) is 0 Å². The summed E-state index contributed by atoms with van der Waals surface area (Å²) in [6.07, 6.45) is 1.93. The standard InChI is InChI=1S/C12H7NO3/c14-5-1-2-8-3-4-11-9(6-8)10(7-13-11)12(15)16/h3-7,13H,(H,15,16). The molecule has 0 radical (unpaired) electrons. The Morgan fingerprint density at radius 3 is 2.94 bits per heavy atom. The van der Waals surface area contributed by atoms with Crippen molar-refractivity contribution in [2.24, 2.45) is 0 Å². The fourth-order valence-electron chi connectivity index (χ4n) is 1.49. The largest absolute Gasteiger partial charge is 0.478 e. The van der Waals surface area contributed by atoms with Gasteiger partial charge >= 0.3 is 5.97 Å². The zero-order valence-corrected chi connectivity index (χ0v) is 8.15. The molecule has 78 valence electrons. The number of carbonyl (C=O) groups excluding carboxylic acids is 1. The van der Waals surface area contributed by atoms with E-state index in [0.717, 1.165) is 5.52 Å². The molecule has 4 nitrogen and oxygen atoms in total. The second-order valence-corrected chi connectivity index (χ2v) is 3.16. The Hall–Kier alpha value is -2.54. The molecule has 2 N–H and O–H groups in total. The molecule has 0 bridgehead atoms. The number of H-pyrrole nitrogens is 1. The van der Waals surface area contributed by atoms with E-state index in [0.29, 0.717) is 17.2 Å². The summed E-state index contributed by atoms with van der Waals surface area (Å²) < 4.78 is 0. The molecule has 2 aromatic rings. The van der Waals surface area contributed by atoms with E-state index in [1.807, 2.05) is 0 Å². The van der Waals surface area contributed by atoms with Crippen LogP contribution in [0.2, 0.25) is 0 Å². The molecule has 0 aliphatic rings. The third kappa shape index (κ3) is 1.66. The summed E-state index contributed by atoms with van der Waals surface area (Å²) in [7, 11) is 0. The number of hydrogen-bond donors (Lipinski definition) is 2. The monoisotopic (exact) mass is 213 g/mol. The van der Waals surface area contributed by atoms with Crippen molar-refractivity contribution >= 4 is 23.2 Å². The minimum atomic E-state index is -0.994. The predicted octanol–water partition coefficient (Wildman–Crippen LogP) is 1.42. The Morgan fingerprint density at radius 1 is 1.44 bits per heavy atom. The van der Waals surface area contributed by atoms with Crippen LogP contribution < -0.4 is 0 Å². The third-order valence-corrected chi connectivity index (χ3v) is 2.19. The molecule has 0 saturated carbocycles. The molecule has 0 aliphatic heterocycles. The molecule has 1 heterocycles. The number of carboxylic acid groups (broad SMARTS) is 1. The molecule has 0 unspecified atom stereocenters. The van der Waals surface area contributed by atoms with Gasteiger partial charge in [-0.2, -0.15) is 0 Å². The lowest BCUT2D eigenvalue weighted by atomic mass is 10.1. The van der Waals surface area contributed by atoms with E-state index < -0.39 is 5.97 Å². The highest BCUT2D eigenvalue weighted by atomic mass is 16.4. The van der Waals surface area contributed by atoms with Crippen LogP contribution in [0.25, 0.3) is 10.9 Å². The van der Waals surface area contributed by atoms with Gasteiger partial charge in [0.25, 0.3) is 0 Å². The number of aromatic carboxylic acids is 1. The van der Waals surface area contributed by atoms with Crippen molar-refractivity contribution in [2.45, 2.75) is 0 Å². The number of aldehydes is 1. The molecule has 0 saturated heterocycles. The maximum absolute atomic E-state index is 10.9. The summed E-state index contributed by atoms with van der Waals surface area (Å²) in [6, 6.07) is 5.10. The number of aromatic amines is 1. The summed E-state index contributed by atoms with van der Waals surface area (Å²) in [6.45, 7) is 0. The first-order valence-electron chi connectivity index (χ1n) is 4.52. The van der Waals surface area contributed by atoms with Gasteiger partial charge in [-0.25, -0.2) is 4.79 Å². The van der Waals surface area contributed by atoms with Crippen molar-refractivity contribution in [1.29, 1.82) is 0 Å². The average molecular weight is 213 g/mol. The van der Waals surface area contributed by atoms with E-state index in [1.54, 1.807) is 18.2 Å². The van der Waals surface area contributed by atoms with Crippen LogP contribution in [0.15, 0.2) is 24.4 Å². The quantitative estimate of drug-likeness (QED) is 0.556. The van der Waals surface area contributed by atoms with Crippen molar-refractivity contribution in [3.05, 3.63) is 35.5 Å². The van der Waals surface area contributed by atoms with Crippen LogP contribution in [-0.2, 0) is 4.79 Å². The lowest BCUT2D eigenvalue weighted by Crippen LogP contribution is -1.93. The van der Waals surface area contributed by atoms with Crippen molar-refractivity contribution in [2.75, 3.05) is 0 Å². The smallest absolute Gasteiger partial charge is 0.337 e. The van der Waals surface area contributed by atoms with Crippen LogP contribution in [-0.4, -0.2) is 22.3 Å². The molecule has 2 rings (SSSR count). The number of aromatic nitrogens is 1. The summed E-state index contributed by atoms with van der Waals surface area (Å²) in [5.41, 5.74) is 1.54. The van der Waals surface area contributed by atoms with E-state index in [9.17, 15) is 9.59 Å². The molecular weight excluding hydrogens is 206 g/mol. The number of fused-ring (bicyclic) bond motifs is 1. The third-order valence-electron chi connectivity index (χ3n) is 2.19. The second kappa shape index (κ2) is 3.91. The van der Waals surface area contributed by atoms with Gasteiger partial charge in [-0.1, -0.05) is 5.92 Å². The second-order valence-electron chi connectivity index (χ2n) is 3.16. The summed E-state index contributed by atoms with van der Waals surface area (Å²) >= 11 is 0. The van der Waals surface area contributed by atoms with Crippen LogP contribution in [0, 0.1) is 11.8 Å². The number of carboxylic acids is 1. The summed E-state index contributed by atoms with van der Waals surface area (Å²) in [5, 5.41) is 9.51. The Morgan fingerprint density at radius 2 is 2.25 bits per heavy atom. The normalized spacial score (nSPS) is 9.50. The molecule has 4 heteroatoms. The average Bonchev–Trinajstić information content (AvgIpc) is 2.69. The fourth-order valence-corrected chi connectivity index (χ4v) is 1.49.